The second-order valence-electron chi connectivity index (χ2n) is 5.80. The maximum Gasteiger partial charge on any atom is 0.348 e. The minimum absolute atomic E-state index is 0.00922. The zero-order valence-electron chi connectivity index (χ0n) is 16.5. The summed E-state index contributed by atoms with van der Waals surface area (Å²) in [6, 6.07) is 4.84. The minimum atomic E-state index is -1.02. The van der Waals surface area contributed by atoms with Crippen molar-refractivity contribution < 1.29 is 33.5 Å². The van der Waals surface area contributed by atoms with Crippen molar-refractivity contribution in [2.45, 2.75) is 20.5 Å². The van der Waals surface area contributed by atoms with Gasteiger partial charge in [0.05, 0.1) is 34.8 Å². The molecule has 0 amide bonds. The van der Waals surface area contributed by atoms with Crippen LogP contribution in [-0.4, -0.2) is 36.0 Å². The summed E-state index contributed by atoms with van der Waals surface area (Å²) in [6.07, 6.45) is 0. The molecular formula is C19H17N3O8S. The zero-order valence-corrected chi connectivity index (χ0v) is 17.3. The fourth-order valence-corrected chi connectivity index (χ4v) is 3.41. The van der Waals surface area contributed by atoms with Gasteiger partial charge < -0.3 is 19.9 Å². The molecule has 2 rings (SSSR count). The van der Waals surface area contributed by atoms with Gasteiger partial charge in [-0.1, -0.05) is 0 Å². The second kappa shape index (κ2) is 10.2. The number of nitro groups is 1. The molecular weight excluding hydrogens is 430 g/mol. The van der Waals surface area contributed by atoms with Crippen LogP contribution in [0.1, 0.15) is 55.4 Å². The molecule has 11 nitrogen and oxygen atoms in total. The smallest absolute Gasteiger partial charge is 0.348 e. The van der Waals surface area contributed by atoms with Crippen molar-refractivity contribution >= 4 is 39.9 Å². The summed E-state index contributed by atoms with van der Waals surface area (Å²) < 4.78 is 14.9. The van der Waals surface area contributed by atoms with Gasteiger partial charge in [-0.3, -0.25) is 10.1 Å². The van der Waals surface area contributed by atoms with E-state index in [-0.39, 0.29) is 45.3 Å². The first kappa shape index (κ1) is 23.3. The van der Waals surface area contributed by atoms with Crippen LogP contribution in [-0.2, 0) is 20.8 Å². The van der Waals surface area contributed by atoms with Crippen LogP contribution < -0.4 is 5.73 Å². The minimum Gasteiger partial charge on any atom is -0.462 e. The van der Waals surface area contributed by atoms with Crippen molar-refractivity contribution in [3.8, 4) is 6.07 Å². The van der Waals surface area contributed by atoms with Crippen LogP contribution in [0.15, 0.2) is 18.2 Å². The van der Waals surface area contributed by atoms with E-state index in [1.165, 1.54) is 0 Å². The molecule has 2 N–H and O–H groups in total. The van der Waals surface area contributed by atoms with Gasteiger partial charge >= 0.3 is 17.9 Å². The molecule has 12 heteroatoms. The lowest BCUT2D eigenvalue weighted by atomic mass is 10.1. The molecule has 0 atom stereocenters. The summed E-state index contributed by atoms with van der Waals surface area (Å²) in [5, 5.41) is 20.5. The van der Waals surface area contributed by atoms with Gasteiger partial charge in [-0.25, -0.2) is 14.4 Å². The van der Waals surface area contributed by atoms with E-state index in [1.54, 1.807) is 13.8 Å². The first-order valence-corrected chi connectivity index (χ1v) is 9.67. The monoisotopic (exact) mass is 447 g/mol. The number of carbonyl (C=O) groups is 3. The van der Waals surface area contributed by atoms with E-state index in [4.69, 9.17) is 19.9 Å². The highest BCUT2D eigenvalue weighted by atomic mass is 32.1. The Hall–Kier alpha value is -3.98. The van der Waals surface area contributed by atoms with Gasteiger partial charge in [0.25, 0.3) is 5.69 Å². The quantitative estimate of drug-likeness (QED) is 0.274. The molecule has 0 saturated carbocycles. The number of rotatable bonds is 8. The highest BCUT2D eigenvalue weighted by molar-refractivity contribution is 7.18. The SMILES string of the molecule is CCOC(=O)c1cc(C(=O)OCc2c(C(=O)OCC)sc(N)c2C#N)cc([N+](=O)[O-])c1. The molecule has 0 aliphatic heterocycles. The molecule has 0 aliphatic carbocycles. The fourth-order valence-electron chi connectivity index (χ4n) is 2.49. The van der Waals surface area contributed by atoms with Crippen LogP contribution in [0, 0.1) is 21.4 Å². The summed E-state index contributed by atoms with van der Waals surface area (Å²) in [4.78, 5) is 47.0. The third-order valence-corrected chi connectivity index (χ3v) is 4.87. The second-order valence-corrected chi connectivity index (χ2v) is 6.86. The molecule has 0 radical (unpaired) electrons. The Labute approximate surface area is 180 Å². The highest BCUT2D eigenvalue weighted by Gasteiger charge is 2.25. The van der Waals surface area contributed by atoms with Crippen LogP contribution in [0.25, 0.3) is 0 Å². The predicted octanol–water partition coefficient (Wildman–Crippen LogP) is 2.82. The van der Waals surface area contributed by atoms with Crippen LogP contribution in [0.4, 0.5) is 10.7 Å². The van der Waals surface area contributed by atoms with Gasteiger partial charge in [-0.15, -0.1) is 11.3 Å². The van der Waals surface area contributed by atoms with E-state index < -0.39 is 35.1 Å². The topological polar surface area (TPSA) is 172 Å². The average Bonchev–Trinajstić information content (AvgIpc) is 3.07. The number of hydrogen-bond acceptors (Lipinski definition) is 11. The van der Waals surface area contributed by atoms with Crippen molar-refractivity contribution in [2.24, 2.45) is 0 Å². The molecule has 0 saturated heterocycles. The van der Waals surface area contributed by atoms with Gasteiger partial charge in [-0.2, -0.15) is 5.26 Å². The average molecular weight is 447 g/mol. The van der Waals surface area contributed by atoms with Crippen molar-refractivity contribution in [3.63, 3.8) is 0 Å². The summed E-state index contributed by atoms with van der Waals surface area (Å²) in [5.74, 6) is -2.59. The van der Waals surface area contributed by atoms with Gasteiger partial charge in [0.2, 0.25) is 0 Å². The van der Waals surface area contributed by atoms with E-state index in [2.05, 4.69) is 0 Å². The molecule has 0 aliphatic rings. The number of carbonyl (C=O) groups excluding carboxylic acids is 3. The Balaban J connectivity index is 2.35. The number of nitrogen functional groups attached to an aromatic ring is 1. The Kier molecular flexibility index (Phi) is 7.64. The Morgan fingerprint density at radius 3 is 2.13 bits per heavy atom. The Morgan fingerprint density at radius 2 is 1.61 bits per heavy atom. The third kappa shape index (κ3) is 5.34. The van der Waals surface area contributed by atoms with E-state index in [9.17, 15) is 29.8 Å². The molecule has 1 heterocycles. The number of anilines is 1. The molecule has 1 aromatic heterocycles. The number of non-ortho nitro benzene ring substituents is 1. The standard InChI is InChI=1S/C19H17N3O8S/c1-3-28-17(23)10-5-11(7-12(6-10)22(26)27)18(24)30-9-14-13(8-20)16(21)31-15(14)19(25)29-4-2/h5-7H,3-4,9,21H2,1-2H3. The number of nitrogens with two attached hydrogens (primary N) is 1. The van der Waals surface area contributed by atoms with Crippen molar-refractivity contribution in [2.75, 3.05) is 18.9 Å². The van der Waals surface area contributed by atoms with E-state index in [0.717, 1.165) is 29.5 Å². The first-order chi connectivity index (χ1) is 14.7. The maximum atomic E-state index is 12.5. The molecule has 0 fully saturated rings. The van der Waals surface area contributed by atoms with Crippen molar-refractivity contribution in [3.05, 3.63) is 55.4 Å². The summed E-state index contributed by atoms with van der Waals surface area (Å²) >= 11 is 0.818. The number of nitrogens with zero attached hydrogens (tertiary/aromatic N) is 2. The lowest BCUT2D eigenvalue weighted by Gasteiger charge is -2.08. The highest BCUT2D eigenvalue weighted by Crippen LogP contribution is 2.32. The summed E-state index contributed by atoms with van der Waals surface area (Å²) in [7, 11) is 0. The van der Waals surface area contributed by atoms with E-state index in [0.29, 0.717) is 0 Å². The third-order valence-electron chi connectivity index (χ3n) is 3.83. The maximum absolute atomic E-state index is 12.5. The van der Waals surface area contributed by atoms with Crippen molar-refractivity contribution in [1.82, 2.24) is 0 Å². The van der Waals surface area contributed by atoms with Crippen LogP contribution in [0.3, 0.4) is 0 Å². The fraction of sp³-hybridized carbons (Fsp3) is 0.263. The Morgan fingerprint density at radius 1 is 1.06 bits per heavy atom. The van der Waals surface area contributed by atoms with Crippen molar-refractivity contribution in [1.29, 1.82) is 5.26 Å². The molecule has 0 spiro atoms. The molecule has 2 aromatic rings. The van der Waals surface area contributed by atoms with Gasteiger partial charge in [0, 0.05) is 17.7 Å². The molecule has 162 valence electrons. The number of esters is 3. The summed E-state index contributed by atoms with van der Waals surface area (Å²) in [6.45, 7) is 2.77. The normalized spacial score (nSPS) is 10.1. The lowest BCUT2D eigenvalue weighted by molar-refractivity contribution is -0.384. The number of hydrogen-bond donors (Lipinski definition) is 1. The largest absolute Gasteiger partial charge is 0.462 e. The number of thiophene rings is 1. The van der Waals surface area contributed by atoms with Gasteiger partial charge in [-0.05, 0) is 19.9 Å². The number of benzene rings is 1. The molecule has 1 aromatic carbocycles. The molecule has 0 bridgehead atoms. The number of nitriles is 1. The van der Waals surface area contributed by atoms with Gasteiger partial charge in [0.15, 0.2) is 0 Å². The van der Waals surface area contributed by atoms with E-state index >= 15 is 0 Å². The lowest BCUT2D eigenvalue weighted by Crippen LogP contribution is -2.12. The van der Waals surface area contributed by atoms with Crippen LogP contribution in [0.5, 0.6) is 0 Å². The van der Waals surface area contributed by atoms with Crippen LogP contribution in [0.2, 0.25) is 0 Å². The van der Waals surface area contributed by atoms with Gasteiger partial charge in [0.1, 0.15) is 22.6 Å². The zero-order chi connectivity index (χ0) is 23.1. The molecule has 0 unspecified atom stereocenters. The first-order valence-electron chi connectivity index (χ1n) is 8.85. The van der Waals surface area contributed by atoms with Crippen LogP contribution >= 0.6 is 11.3 Å². The molecule has 31 heavy (non-hydrogen) atoms. The Bertz CT molecular complexity index is 1090. The number of nitro benzene ring substituents is 1. The van der Waals surface area contributed by atoms with E-state index in [1.807, 2.05) is 6.07 Å². The number of ether oxygens (including phenoxy) is 3. The summed E-state index contributed by atoms with van der Waals surface area (Å²) in [5.41, 5.74) is 4.79. The predicted molar refractivity (Wildman–Crippen MR) is 108 cm³/mol.